The third kappa shape index (κ3) is 2.60. The first-order valence-electron chi connectivity index (χ1n) is 5.53. The van der Waals surface area contributed by atoms with Crippen molar-refractivity contribution < 1.29 is 14.5 Å². The van der Waals surface area contributed by atoms with Crippen LogP contribution in [0.3, 0.4) is 0 Å². The van der Waals surface area contributed by atoms with Crippen LogP contribution in [0, 0.1) is 10.1 Å². The molecular weight excluding hydrogens is 246 g/mol. The highest BCUT2D eigenvalue weighted by molar-refractivity contribution is 5.83. The Morgan fingerprint density at radius 3 is 2.53 bits per heavy atom. The van der Waals surface area contributed by atoms with Gasteiger partial charge < -0.3 is 4.74 Å². The molecule has 0 atom stereocenters. The average molecular weight is 257 g/mol. The van der Waals surface area contributed by atoms with E-state index in [1.807, 2.05) is 0 Å². The van der Waals surface area contributed by atoms with Gasteiger partial charge in [-0.3, -0.25) is 14.9 Å². The number of carbonyl (C=O) groups excluding carboxylic acids is 1. The van der Waals surface area contributed by atoms with E-state index < -0.39 is 4.92 Å². The predicted octanol–water partition coefficient (Wildman–Crippen LogP) is 3.08. The number of carbonyl (C=O) groups is 1. The lowest BCUT2D eigenvalue weighted by molar-refractivity contribution is -0.384. The quantitative estimate of drug-likeness (QED) is 0.479. The number of non-ortho nitro benzene ring substituents is 1. The Morgan fingerprint density at radius 1 is 1.16 bits per heavy atom. The van der Waals surface area contributed by atoms with E-state index in [0.717, 1.165) is 5.56 Å². The Hall–Kier alpha value is -2.69. The fourth-order valence-corrected chi connectivity index (χ4v) is 1.81. The number of methoxy groups -OCH3 is 1. The van der Waals surface area contributed by atoms with Gasteiger partial charge in [0.25, 0.3) is 5.69 Å². The fraction of sp³-hybridized carbons (Fsp3) is 0.0714. The van der Waals surface area contributed by atoms with Crippen LogP contribution >= 0.6 is 0 Å². The summed E-state index contributed by atoms with van der Waals surface area (Å²) in [5.74, 6) is 0.476. The Morgan fingerprint density at radius 2 is 1.89 bits per heavy atom. The largest absolute Gasteiger partial charge is 0.496 e. The Bertz CT molecular complexity index is 637. The van der Waals surface area contributed by atoms with Gasteiger partial charge in [0.05, 0.1) is 17.6 Å². The third-order valence-electron chi connectivity index (χ3n) is 2.75. The smallest absolute Gasteiger partial charge is 0.270 e. The van der Waals surface area contributed by atoms with Crippen molar-refractivity contribution in [3.05, 3.63) is 58.1 Å². The minimum atomic E-state index is -0.451. The molecule has 0 amide bonds. The minimum absolute atomic E-state index is 0.0148. The highest BCUT2D eigenvalue weighted by Crippen LogP contribution is 2.27. The van der Waals surface area contributed by atoms with E-state index in [2.05, 4.69) is 0 Å². The molecule has 0 N–H and O–H groups in total. The van der Waals surface area contributed by atoms with E-state index in [0.29, 0.717) is 23.2 Å². The summed E-state index contributed by atoms with van der Waals surface area (Å²) in [4.78, 5) is 21.2. The summed E-state index contributed by atoms with van der Waals surface area (Å²) in [5.41, 5.74) is 1.83. The molecule has 0 aliphatic rings. The van der Waals surface area contributed by atoms with Crippen molar-refractivity contribution in [2.45, 2.75) is 0 Å². The second-order valence-electron chi connectivity index (χ2n) is 3.88. The molecule has 5 heteroatoms. The SMILES string of the molecule is COc1ccc(-c2cccc([N+](=O)[O-])c2)cc1C=O. The predicted molar refractivity (Wildman–Crippen MR) is 70.5 cm³/mol. The molecule has 0 saturated heterocycles. The fourth-order valence-electron chi connectivity index (χ4n) is 1.81. The standard InChI is InChI=1S/C14H11NO4/c1-19-14-6-5-11(7-12(14)9-16)10-3-2-4-13(8-10)15(17)18/h2-9H,1H3. The number of hydrogen-bond donors (Lipinski definition) is 0. The van der Waals surface area contributed by atoms with Crippen LogP contribution in [0.4, 0.5) is 5.69 Å². The number of aldehydes is 1. The molecule has 96 valence electrons. The van der Waals surface area contributed by atoms with Crippen LogP contribution in [0.25, 0.3) is 11.1 Å². The number of benzene rings is 2. The van der Waals surface area contributed by atoms with Crippen LogP contribution in [0.1, 0.15) is 10.4 Å². The minimum Gasteiger partial charge on any atom is -0.496 e. The summed E-state index contributed by atoms with van der Waals surface area (Å²) in [6, 6.07) is 11.3. The molecule has 5 nitrogen and oxygen atoms in total. The van der Waals surface area contributed by atoms with Gasteiger partial charge in [0.15, 0.2) is 6.29 Å². The van der Waals surface area contributed by atoms with E-state index in [9.17, 15) is 14.9 Å². The monoisotopic (exact) mass is 257 g/mol. The lowest BCUT2D eigenvalue weighted by Gasteiger charge is -2.06. The van der Waals surface area contributed by atoms with E-state index in [4.69, 9.17) is 4.74 Å². The molecule has 0 bridgehead atoms. The topological polar surface area (TPSA) is 69.4 Å². The van der Waals surface area contributed by atoms with E-state index in [-0.39, 0.29) is 5.69 Å². The first-order chi connectivity index (χ1) is 9.15. The first-order valence-corrected chi connectivity index (χ1v) is 5.53. The van der Waals surface area contributed by atoms with Crippen molar-refractivity contribution in [2.75, 3.05) is 7.11 Å². The number of rotatable bonds is 4. The van der Waals surface area contributed by atoms with E-state index in [1.165, 1.54) is 19.2 Å². The van der Waals surface area contributed by atoms with E-state index in [1.54, 1.807) is 30.3 Å². The molecular formula is C14H11NO4. The number of hydrogen-bond acceptors (Lipinski definition) is 4. The Balaban J connectivity index is 2.50. The van der Waals surface area contributed by atoms with Gasteiger partial charge in [-0.25, -0.2) is 0 Å². The summed E-state index contributed by atoms with van der Waals surface area (Å²) in [6.07, 6.45) is 0.694. The molecule has 0 aliphatic carbocycles. The van der Waals surface area contributed by atoms with Gasteiger partial charge in [0, 0.05) is 12.1 Å². The number of nitro groups is 1. The van der Waals surface area contributed by atoms with Gasteiger partial charge in [-0.05, 0) is 23.3 Å². The van der Waals surface area contributed by atoms with E-state index >= 15 is 0 Å². The molecule has 0 aromatic heterocycles. The van der Waals surface area contributed by atoms with Crippen molar-refractivity contribution >= 4 is 12.0 Å². The average Bonchev–Trinajstić information content (AvgIpc) is 2.46. The molecule has 2 aromatic carbocycles. The number of nitrogens with zero attached hydrogens (tertiary/aromatic N) is 1. The van der Waals surface area contributed by atoms with Gasteiger partial charge in [-0.2, -0.15) is 0 Å². The van der Waals surface area contributed by atoms with Crippen molar-refractivity contribution in [3.63, 3.8) is 0 Å². The molecule has 0 aliphatic heterocycles. The van der Waals surface area contributed by atoms with Crippen LogP contribution in [-0.4, -0.2) is 18.3 Å². The highest BCUT2D eigenvalue weighted by Gasteiger charge is 2.09. The zero-order valence-corrected chi connectivity index (χ0v) is 10.2. The molecule has 0 saturated carbocycles. The summed E-state index contributed by atoms with van der Waals surface area (Å²) in [7, 11) is 1.48. The zero-order chi connectivity index (χ0) is 13.8. The third-order valence-corrected chi connectivity index (χ3v) is 2.75. The molecule has 0 fully saturated rings. The van der Waals surface area contributed by atoms with Crippen molar-refractivity contribution in [1.29, 1.82) is 0 Å². The second kappa shape index (κ2) is 5.30. The van der Waals surface area contributed by atoms with Crippen molar-refractivity contribution in [2.24, 2.45) is 0 Å². The van der Waals surface area contributed by atoms with Crippen molar-refractivity contribution in [1.82, 2.24) is 0 Å². The first kappa shape index (κ1) is 12.8. The zero-order valence-electron chi connectivity index (χ0n) is 10.2. The lowest BCUT2D eigenvalue weighted by Crippen LogP contribution is -1.92. The number of nitro benzene ring substituents is 1. The normalized spacial score (nSPS) is 9.95. The summed E-state index contributed by atoms with van der Waals surface area (Å²) in [5, 5.41) is 10.7. The molecule has 2 rings (SSSR count). The molecule has 0 heterocycles. The van der Waals surface area contributed by atoms with Gasteiger partial charge in [0.2, 0.25) is 0 Å². The lowest BCUT2D eigenvalue weighted by atomic mass is 10.0. The number of ether oxygens (including phenoxy) is 1. The van der Waals surface area contributed by atoms with Gasteiger partial charge in [-0.15, -0.1) is 0 Å². The molecule has 0 unspecified atom stereocenters. The summed E-state index contributed by atoms with van der Waals surface area (Å²) >= 11 is 0. The van der Waals surface area contributed by atoms with Gasteiger partial charge >= 0.3 is 0 Å². The van der Waals surface area contributed by atoms with Crippen LogP contribution in [0.5, 0.6) is 5.75 Å². The van der Waals surface area contributed by atoms with Crippen LogP contribution in [0.15, 0.2) is 42.5 Å². The Kier molecular flexibility index (Phi) is 3.56. The second-order valence-corrected chi connectivity index (χ2v) is 3.88. The Labute approximate surface area is 109 Å². The van der Waals surface area contributed by atoms with Crippen LogP contribution in [0.2, 0.25) is 0 Å². The van der Waals surface area contributed by atoms with Gasteiger partial charge in [-0.1, -0.05) is 18.2 Å². The maximum Gasteiger partial charge on any atom is 0.270 e. The van der Waals surface area contributed by atoms with Gasteiger partial charge in [0.1, 0.15) is 5.75 Å². The maximum atomic E-state index is 11.0. The highest BCUT2D eigenvalue weighted by atomic mass is 16.6. The maximum absolute atomic E-state index is 11.0. The molecule has 2 aromatic rings. The molecule has 0 radical (unpaired) electrons. The van der Waals surface area contributed by atoms with Crippen LogP contribution < -0.4 is 4.74 Å². The van der Waals surface area contributed by atoms with Crippen LogP contribution in [-0.2, 0) is 0 Å². The van der Waals surface area contributed by atoms with Crippen molar-refractivity contribution in [3.8, 4) is 16.9 Å². The molecule has 0 spiro atoms. The summed E-state index contributed by atoms with van der Waals surface area (Å²) < 4.78 is 5.05. The molecule has 19 heavy (non-hydrogen) atoms. The summed E-state index contributed by atoms with van der Waals surface area (Å²) in [6.45, 7) is 0.